The van der Waals surface area contributed by atoms with Gasteiger partial charge in [0.1, 0.15) is 12.2 Å². The molecule has 1 aliphatic heterocycles. The maximum absolute atomic E-state index is 13.6. The van der Waals surface area contributed by atoms with Crippen LogP contribution in [-0.4, -0.2) is 23.8 Å². The Bertz CT molecular complexity index is 1140. The molecule has 0 aromatic heterocycles. The molecule has 0 saturated carbocycles. The van der Waals surface area contributed by atoms with Gasteiger partial charge in [-0.15, -0.1) is 0 Å². The first kappa shape index (κ1) is 22.0. The minimum Gasteiger partial charge on any atom is -0.356 e. The molecule has 4 atom stereocenters. The fraction of sp³-hybridized carbons (Fsp3) is 0.133. The number of carbonyl (C=O) groups is 2. The van der Waals surface area contributed by atoms with Crippen molar-refractivity contribution in [2.24, 2.45) is 0 Å². The Hall–Kier alpha value is -3.86. The van der Waals surface area contributed by atoms with Crippen LogP contribution in [-0.2, 0) is 9.47 Å². The summed E-state index contributed by atoms with van der Waals surface area (Å²) < 4.78 is 13.0. The molecule has 34 heavy (non-hydrogen) atoms. The number of rotatable bonds is 6. The van der Waals surface area contributed by atoms with Gasteiger partial charge in [0.25, 0.3) is 0 Å². The Morgan fingerprint density at radius 3 is 1.06 bits per heavy atom. The highest BCUT2D eigenvalue weighted by Gasteiger charge is 2.46. The molecule has 0 amide bonds. The van der Waals surface area contributed by atoms with E-state index in [-0.39, 0.29) is 11.6 Å². The highest BCUT2D eigenvalue weighted by molar-refractivity contribution is 6.02. The Morgan fingerprint density at radius 2 is 0.735 bits per heavy atom. The fourth-order valence-corrected chi connectivity index (χ4v) is 4.33. The van der Waals surface area contributed by atoms with Crippen molar-refractivity contribution in [3.05, 3.63) is 144 Å². The zero-order valence-corrected chi connectivity index (χ0v) is 18.5. The largest absolute Gasteiger partial charge is 0.356 e. The molecule has 4 nitrogen and oxygen atoms in total. The molecule has 0 spiro atoms. The van der Waals surface area contributed by atoms with Crippen LogP contribution in [0.25, 0.3) is 0 Å². The van der Waals surface area contributed by atoms with Crippen LogP contribution in [0.5, 0.6) is 0 Å². The van der Waals surface area contributed by atoms with Crippen LogP contribution >= 0.6 is 0 Å². The van der Waals surface area contributed by atoms with E-state index in [9.17, 15) is 9.59 Å². The van der Waals surface area contributed by atoms with Crippen LogP contribution in [0.2, 0.25) is 0 Å². The van der Waals surface area contributed by atoms with Crippen molar-refractivity contribution in [1.82, 2.24) is 0 Å². The third-order valence-corrected chi connectivity index (χ3v) is 6.03. The number of carbonyl (C=O) groups excluding carboxylic acids is 2. The summed E-state index contributed by atoms with van der Waals surface area (Å²) in [6.45, 7) is 0. The zero-order chi connectivity index (χ0) is 23.3. The number of ether oxygens (including phenoxy) is 2. The molecule has 4 heteroatoms. The summed E-state index contributed by atoms with van der Waals surface area (Å²) in [5.41, 5.74) is 2.65. The predicted octanol–water partition coefficient (Wildman–Crippen LogP) is 6.02. The van der Waals surface area contributed by atoms with E-state index in [0.29, 0.717) is 11.1 Å². The number of benzene rings is 4. The normalized spacial score (nSPS) is 22.1. The van der Waals surface area contributed by atoms with Crippen molar-refractivity contribution in [2.75, 3.05) is 0 Å². The SMILES string of the molecule is O=C(c1ccccc1)C1OC(c2ccccc2)C(C(=O)c2ccccc2)OC1c1ccccc1. The molecule has 0 N–H and O–H groups in total. The Labute approximate surface area is 198 Å². The molecule has 5 rings (SSSR count). The third kappa shape index (κ3) is 4.46. The van der Waals surface area contributed by atoms with Gasteiger partial charge in [0, 0.05) is 11.1 Å². The van der Waals surface area contributed by atoms with E-state index in [1.165, 1.54) is 0 Å². The highest BCUT2D eigenvalue weighted by Crippen LogP contribution is 2.41. The van der Waals surface area contributed by atoms with Crippen LogP contribution in [0.1, 0.15) is 44.1 Å². The summed E-state index contributed by atoms with van der Waals surface area (Å²) in [5, 5.41) is 0. The van der Waals surface area contributed by atoms with Gasteiger partial charge in [-0.25, -0.2) is 0 Å². The quantitative estimate of drug-likeness (QED) is 0.339. The average Bonchev–Trinajstić information content (AvgIpc) is 2.93. The van der Waals surface area contributed by atoms with Crippen LogP contribution in [0.3, 0.4) is 0 Å². The molecule has 0 aliphatic carbocycles. The number of Topliss-reactive ketones (excluding diaryl/α,β-unsaturated/α-hetero) is 2. The summed E-state index contributed by atoms with van der Waals surface area (Å²) in [6.07, 6.45) is -3.28. The Morgan fingerprint density at radius 1 is 0.441 bits per heavy atom. The molecule has 4 unspecified atom stereocenters. The first-order valence-corrected chi connectivity index (χ1v) is 11.3. The second-order valence-corrected chi connectivity index (χ2v) is 8.24. The minimum absolute atomic E-state index is 0.180. The molecular weight excluding hydrogens is 424 g/mol. The lowest BCUT2D eigenvalue weighted by molar-refractivity contribution is -0.194. The van der Waals surface area contributed by atoms with E-state index in [4.69, 9.17) is 9.47 Å². The average molecular weight is 449 g/mol. The predicted molar refractivity (Wildman–Crippen MR) is 130 cm³/mol. The van der Waals surface area contributed by atoms with Gasteiger partial charge in [-0.05, 0) is 11.1 Å². The molecular formula is C30H24O4. The van der Waals surface area contributed by atoms with Crippen LogP contribution < -0.4 is 0 Å². The monoisotopic (exact) mass is 448 g/mol. The second-order valence-electron chi connectivity index (χ2n) is 8.24. The number of hydrogen-bond donors (Lipinski definition) is 0. The molecule has 0 bridgehead atoms. The molecule has 4 aromatic carbocycles. The van der Waals surface area contributed by atoms with E-state index in [1.807, 2.05) is 97.1 Å². The van der Waals surface area contributed by atoms with Gasteiger partial charge in [-0.2, -0.15) is 0 Å². The van der Waals surface area contributed by atoms with Gasteiger partial charge in [-0.3, -0.25) is 9.59 Å². The van der Waals surface area contributed by atoms with E-state index >= 15 is 0 Å². The van der Waals surface area contributed by atoms with E-state index < -0.39 is 24.4 Å². The van der Waals surface area contributed by atoms with Crippen molar-refractivity contribution in [3.63, 3.8) is 0 Å². The topological polar surface area (TPSA) is 52.6 Å². The van der Waals surface area contributed by atoms with Crippen molar-refractivity contribution in [1.29, 1.82) is 0 Å². The fourth-order valence-electron chi connectivity index (χ4n) is 4.33. The molecule has 1 saturated heterocycles. The first-order valence-electron chi connectivity index (χ1n) is 11.3. The van der Waals surface area contributed by atoms with Crippen LogP contribution in [0.4, 0.5) is 0 Å². The van der Waals surface area contributed by atoms with Gasteiger partial charge in [0.05, 0.1) is 0 Å². The summed E-state index contributed by atoms with van der Waals surface area (Å²) in [5.74, 6) is -0.359. The van der Waals surface area contributed by atoms with E-state index in [2.05, 4.69) is 0 Å². The summed E-state index contributed by atoms with van der Waals surface area (Å²) in [7, 11) is 0. The minimum atomic E-state index is -0.908. The van der Waals surface area contributed by atoms with Gasteiger partial charge in [-0.1, -0.05) is 121 Å². The Kier molecular flexibility index (Phi) is 6.43. The Balaban J connectivity index is 1.59. The number of ketones is 2. The lowest BCUT2D eigenvalue weighted by Crippen LogP contribution is -2.47. The van der Waals surface area contributed by atoms with Crippen molar-refractivity contribution < 1.29 is 19.1 Å². The summed E-state index contributed by atoms with van der Waals surface area (Å²) in [6, 6.07) is 37.1. The maximum atomic E-state index is 13.6. The zero-order valence-electron chi connectivity index (χ0n) is 18.5. The van der Waals surface area contributed by atoms with Gasteiger partial charge >= 0.3 is 0 Å². The lowest BCUT2D eigenvalue weighted by atomic mass is 9.90. The van der Waals surface area contributed by atoms with E-state index in [1.54, 1.807) is 24.3 Å². The first-order chi connectivity index (χ1) is 16.7. The van der Waals surface area contributed by atoms with Gasteiger partial charge < -0.3 is 9.47 Å². The van der Waals surface area contributed by atoms with Crippen LogP contribution in [0.15, 0.2) is 121 Å². The molecule has 168 valence electrons. The smallest absolute Gasteiger partial charge is 0.194 e. The van der Waals surface area contributed by atoms with Crippen molar-refractivity contribution in [2.45, 2.75) is 24.4 Å². The maximum Gasteiger partial charge on any atom is 0.194 e. The van der Waals surface area contributed by atoms with E-state index in [0.717, 1.165) is 11.1 Å². The van der Waals surface area contributed by atoms with Gasteiger partial charge in [0.15, 0.2) is 23.8 Å². The standard InChI is InChI=1S/C30H24O4/c31-25(21-13-5-1-6-14-21)29-27(23-17-9-3-10-18-23)34-30(26(32)22-15-7-2-8-16-22)28(33-29)24-19-11-4-12-20-24/h1-20,27-30H. The summed E-state index contributed by atoms with van der Waals surface area (Å²) >= 11 is 0. The second kappa shape index (κ2) is 9.96. The van der Waals surface area contributed by atoms with Crippen LogP contribution in [0, 0.1) is 0 Å². The van der Waals surface area contributed by atoms with Gasteiger partial charge in [0.2, 0.25) is 0 Å². The molecule has 1 aliphatic rings. The lowest BCUT2D eigenvalue weighted by Gasteiger charge is -2.41. The molecule has 0 radical (unpaired) electrons. The third-order valence-electron chi connectivity index (χ3n) is 6.03. The highest BCUT2D eigenvalue weighted by atomic mass is 16.6. The summed E-state index contributed by atoms with van der Waals surface area (Å²) in [4.78, 5) is 27.2. The number of hydrogen-bond acceptors (Lipinski definition) is 4. The molecule has 1 fully saturated rings. The van der Waals surface area contributed by atoms with Crippen molar-refractivity contribution in [3.8, 4) is 0 Å². The molecule has 1 heterocycles. The van der Waals surface area contributed by atoms with Crippen molar-refractivity contribution >= 4 is 11.6 Å². The molecule has 4 aromatic rings.